The lowest BCUT2D eigenvalue weighted by atomic mass is 10.1. The third-order valence-electron chi connectivity index (χ3n) is 2.96. The highest BCUT2D eigenvalue weighted by atomic mass is 35.5. The lowest BCUT2D eigenvalue weighted by Gasteiger charge is -2.12. The Labute approximate surface area is 116 Å². The molecule has 0 fully saturated rings. The molecule has 0 radical (unpaired) electrons. The molecule has 0 saturated carbocycles. The Kier molecular flexibility index (Phi) is 3.05. The number of halogens is 1. The number of carbonyl (C=O) groups excluding carboxylic acids is 1. The predicted molar refractivity (Wildman–Crippen MR) is 76.5 cm³/mol. The number of nitrogens with zero attached hydrogens (tertiary/aromatic N) is 2. The van der Waals surface area contributed by atoms with Gasteiger partial charge in [-0.15, -0.1) is 0 Å². The highest BCUT2D eigenvalue weighted by Gasteiger charge is 2.27. The van der Waals surface area contributed by atoms with Gasteiger partial charge in [0.1, 0.15) is 0 Å². The average Bonchev–Trinajstić information content (AvgIpc) is 2.82. The Morgan fingerprint density at radius 3 is 2.42 bits per heavy atom. The van der Waals surface area contributed by atoms with Gasteiger partial charge in [0.25, 0.3) is 5.91 Å². The lowest BCUT2D eigenvalue weighted by molar-refractivity contribution is -0.116. The van der Waals surface area contributed by atoms with Crippen LogP contribution in [0.5, 0.6) is 0 Å². The number of hydrogen-bond acceptors (Lipinski definition) is 2. The van der Waals surface area contributed by atoms with Crippen molar-refractivity contribution in [1.29, 1.82) is 0 Å². The van der Waals surface area contributed by atoms with Crippen LogP contribution in [0.15, 0.2) is 59.7 Å². The molecule has 2 aromatic carbocycles. The second-order valence-corrected chi connectivity index (χ2v) is 4.65. The Morgan fingerprint density at radius 1 is 1.00 bits per heavy atom. The minimum atomic E-state index is -0.0630. The highest BCUT2D eigenvalue weighted by Crippen LogP contribution is 2.29. The van der Waals surface area contributed by atoms with E-state index < -0.39 is 0 Å². The summed E-state index contributed by atoms with van der Waals surface area (Å²) in [6, 6.07) is 16.9. The summed E-state index contributed by atoms with van der Waals surface area (Å²) in [6.45, 7) is 0. The number of hydrogen-bond donors (Lipinski definition) is 0. The Balaban J connectivity index is 1.99. The molecule has 1 aliphatic rings. The van der Waals surface area contributed by atoms with Crippen molar-refractivity contribution < 1.29 is 4.79 Å². The van der Waals surface area contributed by atoms with Crippen molar-refractivity contribution in [1.82, 2.24) is 0 Å². The first-order valence-corrected chi connectivity index (χ1v) is 6.34. The number of anilines is 1. The predicted octanol–water partition coefficient (Wildman–Crippen LogP) is 3.48. The van der Waals surface area contributed by atoms with Crippen LogP contribution in [0.4, 0.5) is 5.69 Å². The summed E-state index contributed by atoms with van der Waals surface area (Å²) < 4.78 is 0. The van der Waals surface area contributed by atoms with Gasteiger partial charge in [0.05, 0.1) is 22.8 Å². The van der Waals surface area contributed by atoms with E-state index in [2.05, 4.69) is 5.10 Å². The number of rotatable bonds is 2. The van der Waals surface area contributed by atoms with E-state index >= 15 is 0 Å². The molecule has 0 saturated heterocycles. The quantitative estimate of drug-likeness (QED) is 0.822. The largest absolute Gasteiger partial charge is 0.272 e. The second-order valence-electron chi connectivity index (χ2n) is 4.25. The number of para-hydroxylation sites is 1. The van der Waals surface area contributed by atoms with E-state index in [0.717, 1.165) is 11.3 Å². The summed E-state index contributed by atoms with van der Waals surface area (Å²) in [6.07, 6.45) is 0.301. The molecule has 0 spiro atoms. The molecule has 94 valence electrons. The van der Waals surface area contributed by atoms with Crippen molar-refractivity contribution in [2.24, 2.45) is 5.10 Å². The molecule has 19 heavy (non-hydrogen) atoms. The van der Waals surface area contributed by atoms with Gasteiger partial charge in [-0.25, -0.2) is 0 Å². The number of hydrazone groups is 1. The fourth-order valence-electron chi connectivity index (χ4n) is 2.03. The van der Waals surface area contributed by atoms with Crippen LogP contribution in [0, 0.1) is 0 Å². The summed E-state index contributed by atoms with van der Waals surface area (Å²) in [5, 5.41) is 6.29. The summed E-state index contributed by atoms with van der Waals surface area (Å²) in [7, 11) is 0. The molecule has 1 amide bonds. The molecule has 0 bridgehead atoms. The van der Waals surface area contributed by atoms with Gasteiger partial charge in [0.2, 0.25) is 0 Å². The smallest absolute Gasteiger partial charge is 0.253 e. The van der Waals surface area contributed by atoms with Crippen LogP contribution >= 0.6 is 11.6 Å². The zero-order valence-electron chi connectivity index (χ0n) is 10.1. The fourth-order valence-corrected chi connectivity index (χ4v) is 2.25. The SMILES string of the molecule is O=C1CC(c2ccccc2)=NN1c1ccccc1Cl. The molecule has 0 unspecified atom stereocenters. The zero-order chi connectivity index (χ0) is 13.2. The lowest BCUT2D eigenvalue weighted by Crippen LogP contribution is -2.19. The van der Waals surface area contributed by atoms with Gasteiger partial charge in [0.15, 0.2) is 0 Å². The van der Waals surface area contributed by atoms with E-state index in [9.17, 15) is 4.79 Å². The van der Waals surface area contributed by atoms with Crippen molar-refractivity contribution in [2.75, 3.05) is 5.01 Å². The Hall–Kier alpha value is -2.13. The molecule has 2 aromatic rings. The monoisotopic (exact) mass is 270 g/mol. The summed E-state index contributed by atoms with van der Waals surface area (Å²) >= 11 is 6.10. The standard InChI is InChI=1S/C15H11ClN2O/c16-12-8-4-5-9-14(12)18-15(19)10-13(17-18)11-6-2-1-3-7-11/h1-9H,10H2. The van der Waals surface area contributed by atoms with Gasteiger partial charge in [0, 0.05) is 0 Å². The van der Waals surface area contributed by atoms with Crippen LogP contribution in [0.1, 0.15) is 12.0 Å². The maximum atomic E-state index is 12.1. The van der Waals surface area contributed by atoms with Crippen LogP contribution in [-0.2, 0) is 4.79 Å². The molecule has 0 atom stereocenters. The van der Waals surface area contributed by atoms with Crippen molar-refractivity contribution in [3.8, 4) is 0 Å². The molecular formula is C15H11ClN2O. The number of amides is 1. The first-order valence-electron chi connectivity index (χ1n) is 5.96. The molecule has 1 aliphatic heterocycles. The molecular weight excluding hydrogens is 260 g/mol. The van der Waals surface area contributed by atoms with E-state index in [4.69, 9.17) is 11.6 Å². The summed E-state index contributed by atoms with van der Waals surface area (Å²) in [5.74, 6) is -0.0630. The van der Waals surface area contributed by atoms with Gasteiger partial charge in [-0.2, -0.15) is 10.1 Å². The molecule has 3 nitrogen and oxygen atoms in total. The van der Waals surface area contributed by atoms with E-state index in [1.54, 1.807) is 12.1 Å². The normalized spacial score (nSPS) is 14.7. The second kappa shape index (κ2) is 4.86. The third-order valence-corrected chi connectivity index (χ3v) is 3.28. The van der Waals surface area contributed by atoms with Crippen LogP contribution in [0.25, 0.3) is 0 Å². The van der Waals surface area contributed by atoms with Crippen LogP contribution in [0.3, 0.4) is 0 Å². The minimum Gasteiger partial charge on any atom is -0.272 e. The molecule has 1 heterocycles. The van der Waals surface area contributed by atoms with E-state index in [-0.39, 0.29) is 5.91 Å². The molecule has 4 heteroatoms. The van der Waals surface area contributed by atoms with Gasteiger partial charge in [-0.3, -0.25) is 4.79 Å². The number of carbonyl (C=O) groups is 1. The first-order chi connectivity index (χ1) is 9.25. The molecule has 0 N–H and O–H groups in total. The van der Waals surface area contributed by atoms with Crippen molar-refractivity contribution in [3.05, 3.63) is 65.2 Å². The fraction of sp³-hybridized carbons (Fsp3) is 0.0667. The third kappa shape index (κ3) is 2.25. The Bertz CT molecular complexity index is 652. The zero-order valence-corrected chi connectivity index (χ0v) is 10.8. The number of benzene rings is 2. The highest BCUT2D eigenvalue weighted by molar-refractivity contribution is 6.34. The van der Waals surface area contributed by atoms with Crippen molar-refractivity contribution in [3.63, 3.8) is 0 Å². The van der Waals surface area contributed by atoms with Crippen LogP contribution in [0.2, 0.25) is 5.02 Å². The topological polar surface area (TPSA) is 32.7 Å². The van der Waals surface area contributed by atoms with Gasteiger partial charge < -0.3 is 0 Å². The van der Waals surface area contributed by atoms with E-state index in [1.807, 2.05) is 42.5 Å². The van der Waals surface area contributed by atoms with Crippen molar-refractivity contribution in [2.45, 2.75) is 6.42 Å². The molecule has 0 aromatic heterocycles. The molecule has 3 rings (SSSR count). The summed E-state index contributed by atoms with van der Waals surface area (Å²) in [4.78, 5) is 12.1. The maximum Gasteiger partial charge on any atom is 0.253 e. The van der Waals surface area contributed by atoms with Crippen molar-refractivity contribution >= 4 is 28.9 Å². The van der Waals surface area contributed by atoms with Gasteiger partial charge >= 0.3 is 0 Å². The maximum absolute atomic E-state index is 12.1. The summed E-state index contributed by atoms with van der Waals surface area (Å²) in [5.41, 5.74) is 2.36. The Morgan fingerprint density at radius 2 is 1.68 bits per heavy atom. The average molecular weight is 271 g/mol. The first kappa shape index (κ1) is 11.9. The van der Waals surface area contributed by atoms with Crippen LogP contribution in [-0.4, -0.2) is 11.6 Å². The van der Waals surface area contributed by atoms with Gasteiger partial charge in [-0.05, 0) is 17.7 Å². The van der Waals surface area contributed by atoms with Crippen LogP contribution < -0.4 is 5.01 Å². The molecule has 0 aliphatic carbocycles. The van der Waals surface area contributed by atoms with Gasteiger partial charge in [-0.1, -0.05) is 54.1 Å². The van der Waals surface area contributed by atoms with E-state index in [0.29, 0.717) is 17.1 Å². The minimum absolute atomic E-state index is 0.0630. The van der Waals surface area contributed by atoms with E-state index in [1.165, 1.54) is 5.01 Å².